The summed E-state index contributed by atoms with van der Waals surface area (Å²) in [6.07, 6.45) is -0.345. The number of hydrogen-bond donors (Lipinski definition) is 1. The van der Waals surface area contributed by atoms with Crippen LogP contribution in [0.5, 0.6) is 0 Å². The number of benzene rings is 1. The summed E-state index contributed by atoms with van der Waals surface area (Å²) in [5.74, 6) is -0.323. The Morgan fingerprint density at radius 3 is 2.79 bits per heavy atom. The molecule has 102 valence electrons. The third-order valence-electron chi connectivity index (χ3n) is 3.76. The van der Waals surface area contributed by atoms with Crippen molar-refractivity contribution in [2.75, 3.05) is 13.2 Å². The second-order valence-corrected chi connectivity index (χ2v) is 5.13. The maximum atomic E-state index is 11.7. The van der Waals surface area contributed by atoms with Gasteiger partial charge in [0.05, 0.1) is 25.7 Å². The van der Waals surface area contributed by atoms with Crippen molar-refractivity contribution in [2.45, 2.75) is 25.6 Å². The van der Waals surface area contributed by atoms with Gasteiger partial charge in [-0.05, 0) is 12.5 Å². The molecule has 3 atom stereocenters. The average Bonchev–Trinajstić information content (AvgIpc) is 2.94. The Hall–Kier alpha value is -1.43. The zero-order valence-electron chi connectivity index (χ0n) is 10.8. The Bertz CT molecular complexity index is 473. The van der Waals surface area contributed by atoms with Gasteiger partial charge in [-0.25, -0.2) is 0 Å². The van der Waals surface area contributed by atoms with Crippen LogP contribution >= 0.6 is 0 Å². The summed E-state index contributed by atoms with van der Waals surface area (Å²) in [7, 11) is 0. The van der Waals surface area contributed by atoms with Gasteiger partial charge in [0.15, 0.2) is 0 Å². The molecule has 1 aromatic rings. The van der Waals surface area contributed by atoms with Crippen molar-refractivity contribution in [1.29, 1.82) is 0 Å². The van der Waals surface area contributed by atoms with Crippen LogP contribution in [0.3, 0.4) is 0 Å². The highest BCUT2D eigenvalue weighted by atomic mass is 16.7. The quantitative estimate of drug-likeness (QED) is 0.811. The van der Waals surface area contributed by atoms with Gasteiger partial charge in [0.1, 0.15) is 12.1 Å². The number of nitrogens with zero attached hydrogens (tertiary/aromatic N) is 1. The number of hydroxylamine groups is 2. The number of fused-ring (bicyclic) bond motifs is 1. The predicted octanol–water partition coefficient (Wildman–Crippen LogP) is 0.645. The molecular weight excluding hydrogens is 246 g/mol. The minimum Gasteiger partial charge on any atom is -0.464 e. The minimum absolute atomic E-state index is 0.0667. The van der Waals surface area contributed by atoms with E-state index in [1.54, 1.807) is 5.06 Å². The van der Waals surface area contributed by atoms with Gasteiger partial charge in [-0.2, -0.15) is 5.06 Å². The van der Waals surface area contributed by atoms with Crippen molar-refractivity contribution in [1.82, 2.24) is 5.06 Å². The number of rotatable bonds is 3. The number of ether oxygens (including phenoxy) is 1. The summed E-state index contributed by atoms with van der Waals surface area (Å²) in [5, 5.41) is 10.9. The molecule has 2 fully saturated rings. The monoisotopic (exact) mass is 263 g/mol. The van der Waals surface area contributed by atoms with E-state index in [1.165, 1.54) is 5.56 Å². The lowest BCUT2D eigenvalue weighted by Gasteiger charge is -2.19. The molecule has 19 heavy (non-hydrogen) atoms. The number of hydrogen-bond acceptors (Lipinski definition) is 5. The Morgan fingerprint density at radius 1 is 1.37 bits per heavy atom. The molecule has 5 heteroatoms. The summed E-state index contributed by atoms with van der Waals surface area (Å²) in [5.41, 5.74) is 2.26. The molecule has 5 nitrogen and oxygen atoms in total. The first-order chi connectivity index (χ1) is 9.19. The Balaban J connectivity index is 1.77. The molecule has 0 aliphatic carbocycles. The van der Waals surface area contributed by atoms with Crippen LogP contribution in [0.1, 0.15) is 11.1 Å². The van der Waals surface area contributed by atoms with Crippen LogP contribution in [0.2, 0.25) is 0 Å². The standard InChI is InChI=1S/C14H17NO4/c1-9-2-4-10(5-3-9)6-15-13-11(8-18-14(13)17)12(7-16)19-15/h2-5,11-13,16H,6-8H2,1H3/t11-,12?,13+/m1/s1. The smallest absolute Gasteiger partial charge is 0.326 e. The molecule has 0 spiro atoms. The van der Waals surface area contributed by atoms with E-state index in [0.717, 1.165) is 5.56 Å². The molecule has 0 saturated carbocycles. The van der Waals surface area contributed by atoms with Crippen molar-refractivity contribution < 1.29 is 19.5 Å². The number of aliphatic hydroxyl groups excluding tert-OH is 1. The molecule has 2 aliphatic heterocycles. The number of esters is 1. The Morgan fingerprint density at radius 2 is 2.11 bits per heavy atom. The second-order valence-electron chi connectivity index (χ2n) is 5.13. The zero-order valence-corrected chi connectivity index (χ0v) is 10.8. The highest BCUT2D eigenvalue weighted by Gasteiger charge is 2.52. The van der Waals surface area contributed by atoms with Gasteiger partial charge in [0.25, 0.3) is 0 Å². The summed E-state index contributed by atoms with van der Waals surface area (Å²) in [4.78, 5) is 17.4. The molecule has 2 heterocycles. The minimum atomic E-state index is -0.390. The molecule has 2 saturated heterocycles. The number of cyclic esters (lactones) is 1. The number of carbonyl (C=O) groups excluding carboxylic acids is 1. The molecule has 0 amide bonds. The molecule has 1 aromatic carbocycles. The lowest BCUT2D eigenvalue weighted by molar-refractivity contribution is -0.192. The van der Waals surface area contributed by atoms with Crippen LogP contribution in [-0.2, 0) is 20.9 Å². The van der Waals surface area contributed by atoms with Crippen molar-refractivity contribution in [3.63, 3.8) is 0 Å². The molecule has 0 radical (unpaired) electrons. The molecule has 0 bridgehead atoms. The van der Waals surface area contributed by atoms with Crippen LogP contribution in [0.25, 0.3) is 0 Å². The zero-order chi connectivity index (χ0) is 13.4. The van der Waals surface area contributed by atoms with E-state index in [-0.39, 0.29) is 24.6 Å². The van der Waals surface area contributed by atoms with Gasteiger partial charge >= 0.3 is 5.97 Å². The van der Waals surface area contributed by atoms with E-state index >= 15 is 0 Å². The predicted molar refractivity (Wildman–Crippen MR) is 66.9 cm³/mol. The number of aryl methyl sites for hydroxylation is 1. The molecule has 1 N–H and O–H groups in total. The topological polar surface area (TPSA) is 59.0 Å². The van der Waals surface area contributed by atoms with Crippen molar-refractivity contribution in [3.05, 3.63) is 35.4 Å². The van der Waals surface area contributed by atoms with Crippen LogP contribution in [0.4, 0.5) is 0 Å². The average molecular weight is 263 g/mol. The molecule has 1 unspecified atom stereocenters. The molecule has 2 aliphatic rings. The lowest BCUT2D eigenvalue weighted by atomic mass is 9.98. The first-order valence-corrected chi connectivity index (χ1v) is 6.45. The van der Waals surface area contributed by atoms with Gasteiger partial charge in [-0.15, -0.1) is 0 Å². The summed E-state index contributed by atoms with van der Waals surface area (Å²) in [6, 6.07) is 7.69. The van der Waals surface area contributed by atoms with E-state index in [9.17, 15) is 9.90 Å². The van der Waals surface area contributed by atoms with Gasteiger partial charge in [-0.3, -0.25) is 9.63 Å². The Kier molecular flexibility index (Phi) is 3.26. The van der Waals surface area contributed by atoms with Crippen molar-refractivity contribution in [3.8, 4) is 0 Å². The van der Waals surface area contributed by atoms with E-state index in [2.05, 4.69) is 0 Å². The largest absolute Gasteiger partial charge is 0.464 e. The molecule has 0 aromatic heterocycles. The summed E-state index contributed by atoms with van der Waals surface area (Å²) < 4.78 is 5.07. The van der Waals surface area contributed by atoms with Gasteiger partial charge in [-0.1, -0.05) is 29.8 Å². The molecule has 3 rings (SSSR count). The van der Waals surface area contributed by atoms with E-state index in [0.29, 0.717) is 13.2 Å². The maximum Gasteiger partial charge on any atom is 0.326 e. The number of carbonyl (C=O) groups is 1. The SMILES string of the molecule is Cc1ccc(CN2OC(CO)[C@H]3COC(=O)[C@H]32)cc1. The first kappa shape index (κ1) is 12.6. The fraction of sp³-hybridized carbons (Fsp3) is 0.500. The fourth-order valence-corrected chi connectivity index (χ4v) is 2.67. The first-order valence-electron chi connectivity index (χ1n) is 6.45. The lowest BCUT2D eigenvalue weighted by Crippen LogP contribution is -2.34. The van der Waals surface area contributed by atoms with Crippen LogP contribution in [-0.4, -0.2) is 41.5 Å². The Labute approximate surface area is 111 Å². The van der Waals surface area contributed by atoms with E-state index < -0.39 is 6.04 Å². The third-order valence-corrected chi connectivity index (χ3v) is 3.76. The second kappa shape index (κ2) is 4.92. The van der Waals surface area contributed by atoms with Crippen molar-refractivity contribution in [2.24, 2.45) is 5.92 Å². The van der Waals surface area contributed by atoms with Crippen LogP contribution in [0, 0.1) is 12.8 Å². The number of aliphatic hydroxyl groups is 1. The fourth-order valence-electron chi connectivity index (χ4n) is 2.67. The van der Waals surface area contributed by atoms with Gasteiger partial charge < -0.3 is 9.84 Å². The van der Waals surface area contributed by atoms with E-state index in [4.69, 9.17) is 9.57 Å². The van der Waals surface area contributed by atoms with Crippen LogP contribution < -0.4 is 0 Å². The van der Waals surface area contributed by atoms with Crippen molar-refractivity contribution >= 4 is 5.97 Å². The third kappa shape index (κ3) is 2.25. The maximum absolute atomic E-state index is 11.7. The van der Waals surface area contributed by atoms with Crippen LogP contribution in [0.15, 0.2) is 24.3 Å². The van der Waals surface area contributed by atoms with E-state index in [1.807, 2.05) is 31.2 Å². The van der Waals surface area contributed by atoms with Gasteiger partial charge in [0, 0.05) is 0 Å². The summed E-state index contributed by atoms with van der Waals surface area (Å²) in [6.45, 7) is 2.79. The summed E-state index contributed by atoms with van der Waals surface area (Å²) >= 11 is 0. The molecular formula is C14H17NO4. The van der Waals surface area contributed by atoms with Gasteiger partial charge in [0.2, 0.25) is 0 Å². The highest BCUT2D eigenvalue weighted by molar-refractivity contribution is 5.78. The normalized spacial score (nSPS) is 30.4. The highest BCUT2D eigenvalue weighted by Crippen LogP contribution is 2.34.